The summed E-state index contributed by atoms with van der Waals surface area (Å²) in [4.78, 5) is 12.6. The Bertz CT molecular complexity index is 966. The molecule has 0 radical (unpaired) electrons. The van der Waals surface area contributed by atoms with E-state index in [2.05, 4.69) is 10.4 Å². The highest BCUT2D eigenvalue weighted by Crippen LogP contribution is 2.23. The summed E-state index contributed by atoms with van der Waals surface area (Å²) in [5, 5.41) is 7.85. The molecule has 0 unspecified atom stereocenters. The van der Waals surface area contributed by atoms with Crippen LogP contribution in [0.15, 0.2) is 48.7 Å². The van der Waals surface area contributed by atoms with Crippen LogP contribution in [-0.2, 0) is 13.2 Å². The molecule has 0 bridgehead atoms. The van der Waals surface area contributed by atoms with Gasteiger partial charge in [0.15, 0.2) is 0 Å². The van der Waals surface area contributed by atoms with Crippen LogP contribution in [0.1, 0.15) is 34.1 Å². The molecule has 1 aromatic heterocycles. The first-order valence-corrected chi connectivity index (χ1v) is 9.17. The highest BCUT2D eigenvalue weighted by Gasteiger charge is 2.11. The van der Waals surface area contributed by atoms with Crippen LogP contribution in [-0.4, -0.2) is 15.7 Å². The van der Waals surface area contributed by atoms with Crippen LogP contribution in [0, 0.1) is 13.8 Å². The van der Waals surface area contributed by atoms with Gasteiger partial charge in [-0.05, 0) is 62.2 Å². The lowest BCUT2D eigenvalue weighted by atomic mass is 10.1. The molecule has 0 saturated carbocycles. The second kappa shape index (κ2) is 8.27. The first kappa shape index (κ1) is 19.0. The summed E-state index contributed by atoms with van der Waals surface area (Å²) in [5.74, 6) is 0.607. The van der Waals surface area contributed by atoms with Gasteiger partial charge < -0.3 is 10.1 Å². The predicted molar refractivity (Wildman–Crippen MR) is 108 cm³/mol. The summed E-state index contributed by atoms with van der Waals surface area (Å²) in [6, 6.07) is 12.9. The van der Waals surface area contributed by atoms with E-state index in [-0.39, 0.29) is 5.91 Å². The number of anilines is 1. The Morgan fingerprint density at radius 2 is 2.04 bits per heavy atom. The Hall–Kier alpha value is -2.79. The van der Waals surface area contributed by atoms with Gasteiger partial charge in [0.05, 0.1) is 17.6 Å². The summed E-state index contributed by atoms with van der Waals surface area (Å²) in [5.41, 5.74) is 4.12. The quantitative estimate of drug-likeness (QED) is 0.651. The summed E-state index contributed by atoms with van der Waals surface area (Å²) >= 11 is 5.97. The molecular formula is C21H22ClN3O2. The van der Waals surface area contributed by atoms with Gasteiger partial charge in [-0.1, -0.05) is 23.7 Å². The third-order valence-corrected chi connectivity index (χ3v) is 4.61. The zero-order valence-electron chi connectivity index (χ0n) is 15.6. The maximum Gasteiger partial charge on any atom is 0.255 e. The van der Waals surface area contributed by atoms with Gasteiger partial charge in [0.1, 0.15) is 12.4 Å². The summed E-state index contributed by atoms with van der Waals surface area (Å²) in [6.07, 6.45) is 1.67. The van der Waals surface area contributed by atoms with Crippen LogP contribution in [0.2, 0.25) is 5.02 Å². The van der Waals surface area contributed by atoms with Crippen molar-refractivity contribution in [2.75, 3.05) is 5.32 Å². The Morgan fingerprint density at radius 3 is 2.74 bits per heavy atom. The number of halogens is 1. The molecule has 3 aromatic rings. The second-order valence-corrected chi connectivity index (χ2v) is 6.75. The second-order valence-electron chi connectivity index (χ2n) is 6.31. The SMILES string of the molecule is CCn1ncc(NC(=O)c2cccc(COc3ccc(Cl)cc3C)c2)c1C. The van der Waals surface area contributed by atoms with E-state index in [0.717, 1.165) is 34.8 Å². The fourth-order valence-electron chi connectivity index (χ4n) is 2.82. The first-order chi connectivity index (χ1) is 13.0. The number of aromatic nitrogens is 2. The number of nitrogens with one attached hydrogen (secondary N) is 1. The van der Waals surface area contributed by atoms with Crippen molar-refractivity contribution in [3.05, 3.63) is 76.1 Å². The minimum atomic E-state index is -0.168. The number of ether oxygens (including phenoxy) is 1. The van der Waals surface area contributed by atoms with Gasteiger partial charge in [-0.25, -0.2) is 0 Å². The minimum Gasteiger partial charge on any atom is -0.489 e. The molecule has 2 aromatic carbocycles. The third-order valence-electron chi connectivity index (χ3n) is 4.37. The smallest absolute Gasteiger partial charge is 0.255 e. The zero-order valence-corrected chi connectivity index (χ0v) is 16.4. The number of carbonyl (C=O) groups is 1. The van der Waals surface area contributed by atoms with E-state index in [4.69, 9.17) is 16.3 Å². The zero-order chi connectivity index (χ0) is 19.4. The summed E-state index contributed by atoms with van der Waals surface area (Å²) < 4.78 is 7.71. The number of amides is 1. The molecular weight excluding hydrogens is 362 g/mol. The molecule has 0 spiro atoms. The van der Waals surface area contributed by atoms with Crippen LogP contribution in [0.5, 0.6) is 5.75 Å². The lowest BCUT2D eigenvalue weighted by Crippen LogP contribution is -2.13. The number of aryl methyl sites for hydroxylation is 2. The van der Waals surface area contributed by atoms with Crippen LogP contribution in [0.4, 0.5) is 5.69 Å². The summed E-state index contributed by atoms with van der Waals surface area (Å²) in [7, 11) is 0. The molecule has 5 nitrogen and oxygen atoms in total. The standard InChI is InChI=1S/C21H22ClN3O2/c1-4-25-15(3)19(12-23-25)24-21(26)17-7-5-6-16(11-17)13-27-20-9-8-18(22)10-14(20)2/h5-12H,4,13H2,1-3H3,(H,24,26). The van der Waals surface area contributed by atoms with Crippen LogP contribution >= 0.6 is 11.6 Å². The molecule has 0 fully saturated rings. The van der Waals surface area contributed by atoms with Gasteiger partial charge in [-0.15, -0.1) is 0 Å². The van der Waals surface area contributed by atoms with E-state index in [9.17, 15) is 4.79 Å². The molecule has 0 aliphatic rings. The van der Waals surface area contributed by atoms with Crippen molar-refractivity contribution in [2.24, 2.45) is 0 Å². The molecule has 0 atom stereocenters. The van der Waals surface area contributed by atoms with Crippen molar-refractivity contribution in [3.63, 3.8) is 0 Å². The van der Waals surface area contributed by atoms with Crippen molar-refractivity contribution in [1.82, 2.24) is 9.78 Å². The van der Waals surface area contributed by atoms with Crippen LogP contribution in [0.3, 0.4) is 0 Å². The van der Waals surface area contributed by atoms with E-state index in [1.54, 1.807) is 18.3 Å². The molecule has 27 heavy (non-hydrogen) atoms. The van der Waals surface area contributed by atoms with Gasteiger partial charge in [-0.2, -0.15) is 5.10 Å². The Kier molecular flexibility index (Phi) is 5.81. The number of benzene rings is 2. The lowest BCUT2D eigenvalue weighted by molar-refractivity contribution is 0.102. The molecule has 0 aliphatic carbocycles. The van der Waals surface area contributed by atoms with Crippen molar-refractivity contribution < 1.29 is 9.53 Å². The van der Waals surface area contributed by atoms with Crippen molar-refractivity contribution in [2.45, 2.75) is 33.9 Å². The Morgan fingerprint density at radius 1 is 1.22 bits per heavy atom. The normalized spacial score (nSPS) is 10.7. The van der Waals surface area contributed by atoms with E-state index in [0.29, 0.717) is 17.2 Å². The first-order valence-electron chi connectivity index (χ1n) is 8.79. The fraction of sp³-hybridized carbons (Fsp3) is 0.238. The maximum atomic E-state index is 12.6. The average Bonchev–Trinajstić information content (AvgIpc) is 3.01. The average molecular weight is 384 g/mol. The van der Waals surface area contributed by atoms with E-state index in [1.807, 2.05) is 55.8 Å². The Balaban J connectivity index is 1.69. The van der Waals surface area contributed by atoms with Gasteiger partial charge in [-0.3, -0.25) is 9.48 Å². The molecule has 1 amide bonds. The van der Waals surface area contributed by atoms with E-state index < -0.39 is 0 Å². The fourth-order valence-corrected chi connectivity index (χ4v) is 3.05. The Labute approximate surface area is 163 Å². The van der Waals surface area contributed by atoms with Crippen molar-refractivity contribution in [1.29, 1.82) is 0 Å². The van der Waals surface area contributed by atoms with Gasteiger partial charge in [0.25, 0.3) is 5.91 Å². The van der Waals surface area contributed by atoms with Gasteiger partial charge in [0.2, 0.25) is 0 Å². The van der Waals surface area contributed by atoms with Crippen molar-refractivity contribution >= 4 is 23.2 Å². The summed E-state index contributed by atoms with van der Waals surface area (Å²) in [6.45, 7) is 7.03. The predicted octanol–water partition coefficient (Wildman–Crippen LogP) is 5.00. The third kappa shape index (κ3) is 4.49. The monoisotopic (exact) mass is 383 g/mol. The molecule has 1 heterocycles. The number of rotatable bonds is 6. The minimum absolute atomic E-state index is 0.168. The molecule has 6 heteroatoms. The number of nitrogens with zero attached hydrogens (tertiary/aromatic N) is 2. The molecule has 1 N–H and O–H groups in total. The molecule has 3 rings (SSSR count). The largest absolute Gasteiger partial charge is 0.489 e. The molecule has 0 saturated heterocycles. The van der Waals surface area contributed by atoms with Gasteiger partial charge in [0, 0.05) is 17.1 Å². The van der Waals surface area contributed by atoms with Crippen LogP contribution in [0.25, 0.3) is 0 Å². The van der Waals surface area contributed by atoms with Crippen molar-refractivity contribution in [3.8, 4) is 5.75 Å². The van der Waals surface area contributed by atoms with E-state index in [1.165, 1.54) is 0 Å². The van der Waals surface area contributed by atoms with Gasteiger partial charge >= 0.3 is 0 Å². The lowest BCUT2D eigenvalue weighted by Gasteiger charge is -2.11. The maximum absolute atomic E-state index is 12.6. The highest BCUT2D eigenvalue weighted by molar-refractivity contribution is 6.30. The topological polar surface area (TPSA) is 56.2 Å². The number of carbonyl (C=O) groups excluding carboxylic acids is 1. The molecule has 140 valence electrons. The number of hydrogen-bond acceptors (Lipinski definition) is 3. The van der Waals surface area contributed by atoms with E-state index >= 15 is 0 Å². The highest BCUT2D eigenvalue weighted by atomic mass is 35.5. The number of hydrogen-bond donors (Lipinski definition) is 1. The van der Waals surface area contributed by atoms with Crippen LogP contribution < -0.4 is 10.1 Å². The molecule has 0 aliphatic heterocycles.